The minimum absolute atomic E-state index is 0.109. The van der Waals surface area contributed by atoms with E-state index in [1.54, 1.807) is 25.7 Å². The molecule has 0 radical (unpaired) electrons. The molecule has 1 heterocycles. The van der Waals surface area contributed by atoms with Crippen LogP contribution in [0.2, 0.25) is 0 Å². The molecule has 0 aliphatic carbocycles. The van der Waals surface area contributed by atoms with Gasteiger partial charge in [0.25, 0.3) is 5.91 Å². The Morgan fingerprint density at radius 2 is 2.00 bits per heavy atom. The number of aryl methyl sites for hydroxylation is 1. The normalized spacial score (nSPS) is 10.8. The van der Waals surface area contributed by atoms with Crippen LogP contribution < -0.4 is 5.73 Å². The van der Waals surface area contributed by atoms with Gasteiger partial charge < -0.3 is 10.6 Å². The molecule has 0 aliphatic heterocycles. The standard InChI is InChI=1S/C10H18N4O/c1-6(2)14-9(10(15)13(4)5)8(11)7(3)12-14/h6H,11H2,1-5H3. The van der Waals surface area contributed by atoms with E-state index in [4.69, 9.17) is 5.73 Å². The van der Waals surface area contributed by atoms with Gasteiger partial charge in [0.15, 0.2) is 0 Å². The van der Waals surface area contributed by atoms with E-state index in [2.05, 4.69) is 5.10 Å². The molecule has 0 saturated carbocycles. The minimum atomic E-state index is -0.109. The van der Waals surface area contributed by atoms with Gasteiger partial charge in [-0.1, -0.05) is 0 Å². The number of carbonyl (C=O) groups is 1. The minimum Gasteiger partial charge on any atom is -0.395 e. The lowest BCUT2D eigenvalue weighted by Crippen LogP contribution is -2.26. The molecule has 0 unspecified atom stereocenters. The molecule has 5 heteroatoms. The third kappa shape index (κ3) is 1.95. The number of nitrogens with zero attached hydrogens (tertiary/aromatic N) is 3. The van der Waals surface area contributed by atoms with Crippen molar-refractivity contribution in [1.29, 1.82) is 0 Å². The molecule has 0 saturated heterocycles. The fourth-order valence-electron chi connectivity index (χ4n) is 1.36. The number of rotatable bonds is 2. The van der Waals surface area contributed by atoms with Gasteiger partial charge in [-0.15, -0.1) is 0 Å². The summed E-state index contributed by atoms with van der Waals surface area (Å²) in [5, 5.41) is 4.26. The maximum atomic E-state index is 11.9. The predicted octanol–water partition coefficient (Wildman–Crippen LogP) is 1.06. The van der Waals surface area contributed by atoms with Crippen molar-refractivity contribution in [1.82, 2.24) is 14.7 Å². The Kier molecular flexibility index (Phi) is 3.02. The van der Waals surface area contributed by atoms with E-state index in [0.717, 1.165) is 0 Å². The maximum Gasteiger partial charge on any atom is 0.273 e. The first-order valence-electron chi connectivity index (χ1n) is 4.92. The van der Waals surface area contributed by atoms with Crippen LogP contribution in [0.15, 0.2) is 0 Å². The largest absolute Gasteiger partial charge is 0.395 e. The Hall–Kier alpha value is -1.52. The summed E-state index contributed by atoms with van der Waals surface area (Å²) in [7, 11) is 3.41. The van der Waals surface area contributed by atoms with Gasteiger partial charge in [-0.3, -0.25) is 9.48 Å². The summed E-state index contributed by atoms with van der Waals surface area (Å²) in [6.45, 7) is 5.75. The number of nitrogens with two attached hydrogens (primary N) is 1. The van der Waals surface area contributed by atoms with Crippen molar-refractivity contribution in [3.63, 3.8) is 0 Å². The Morgan fingerprint density at radius 3 is 2.40 bits per heavy atom. The molecule has 1 aromatic rings. The van der Waals surface area contributed by atoms with E-state index in [1.165, 1.54) is 4.90 Å². The average Bonchev–Trinajstić information content (AvgIpc) is 2.42. The van der Waals surface area contributed by atoms with E-state index in [0.29, 0.717) is 17.1 Å². The number of anilines is 1. The number of aromatic nitrogens is 2. The van der Waals surface area contributed by atoms with Crippen molar-refractivity contribution in [2.24, 2.45) is 0 Å². The van der Waals surface area contributed by atoms with Gasteiger partial charge in [0.1, 0.15) is 5.69 Å². The van der Waals surface area contributed by atoms with E-state index in [1.807, 2.05) is 13.8 Å². The van der Waals surface area contributed by atoms with Crippen LogP contribution in [0.5, 0.6) is 0 Å². The fourth-order valence-corrected chi connectivity index (χ4v) is 1.36. The molecule has 5 nitrogen and oxygen atoms in total. The molecule has 0 aliphatic rings. The zero-order chi connectivity index (χ0) is 11.7. The zero-order valence-electron chi connectivity index (χ0n) is 9.90. The molecule has 0 fully saturated rings. The fraction of sp³-hybridized carbons (Fsp3) is 0.600. The van der Waals surface area contributed by atoms with Crippen molar-refractivity contribution >= 4 is 11.6 Å². The number of hydrogen-bond acceptors (Lipinski definition) is 3. The summed E-state index contributed by atoms with van der Waals surface area (Å²) in [6, 6.07) is 0.125. The number of carbonyl (C=O) groups excluding carboxylic acids is 1. The SMILES string of the molecule is Cc1nn(C(C)C)c(C(=O)N(C)C)c1N. The van der Waals surface area contributed by atoms with Gasteiger partial charge >= 0.3 is 0 Å². The first-order valence-corrected chi connectivity index (χ1v) is 4.92. The third-order valence-corrected chi connectivity index (χ3v) is 2.23. The van der Waals surface area contributed by atoms with Crippen molar-refractivity contribution in [2.45, 2.75) is 26.8 Å². The Balaban J connectivity index is 3.31. The average molecular weight is 210 g/mol. The van der Waals surface area contributed by atoms with Crippen molar-refractivity contribution in [2.75, 3.05) is 19.8 Å². The quantitative estimate of drug-likeness (QED) is 0.793. The third-order valence-electron chi connectivity index (χ3n) is 2.23. The van der Waals surface area contributed by atoms with Crippen LogP contribution in [0.3, 0.4) is 0 Å². The lowest BCUT2D eigenvalue weighted by Gasteiger charge is -2.14. The number of nitrogen functional groups attached to an aromatic ring is 1. The summed E-state index contributed by atoms with van der Waals surface area (Å²) in [5.74, 6) is -0.109. The number of hydrogen-bond donors (Lipinski definition) is 1. The highest BCUT2D eigenvalue weighted by atomic mass is 16.2. The first kappa shape index (κ1) is 11.6. The second-order valence-electron chi connectivity index (χ2n) is 4.09. The summed E-state index contributed by atoms with van der Waals surface area (Å²) in [5.41, 5.74) is 7.51. The van der Waals surface area contributed by atoms with Crippen LogP contribution in [0.25, 0.3) is 0 Å². The highest BCUT2D eigenvalue weighted by Crippen LogP contribution is 2.21. The monoisotopic (exact) mass is 210 g/mol. The van der Waals surface area contributed by atoms with E-state index >= 15 is 0 Å². The van der Waals surface area contributed by atoms with Crippen LogP contribution >= 0.6 is 0 Å². The molecule has 1 amide bonds. The summed E-state index contributed by atoms with van der Waals surface area (Å²) >= 11 is 0. The molecule has 2 N–H and O–H groups in total. The van der Waals surface area contributed by atoms with E-state index < -0.39 is 0 Å². The molecule has 1 aromatic heterocycles. The lowest BCUT2D eigenvalue weighted by atomic mass is 10.2. The van der Waals surface area contributed by atoms with Crippen LogP contribution in [0.4, 0.5) is 5.69 Å². The molecular weight excluding hydrogens is 192 g/mol. The highest BCUT2D eigenvalue weighted by Gasteiger charge is 2.22. The molecular formula is C10H18N4O. The first-order chi connectivity index (χ1) is 6.86. The highest BCUT2D eigenvalue weighted by molar-refractivity contribution is 5.97. The van der Waals surface area contributed by atoms with Crippen molar-refractivity contribution < 1.29 is 4.79 Å². The molecule has 84 valence electrons. The molecule has 15 heavy (non-hydrogen) atoms. The van der Waals surface area contributed by atoms with Crippen LogP contribution in [0.1, 0.15) is 36.1 Å². The van der Waals surface area contributed by atoms with Gasteiger partial charge in [0, 0.05) is 20.1 Å². The van der Waals surface area contributed by atoms with Gasteiger partial charge in [0.2, 0.25) is 0 Å². The lowest BCUT2D eigenvalue weighted by molar-refractivity contribution is 0.0814. The zero-order valence-corrected chi connectivity index (χ0v) is 9.90. The Morgan fingerprint density at radius 1 is 1.47 bits per heavy atom. The van der Waals surface area contributed by atoms with Gasteiger partial charge in [-0.25, -0.2) is 0 Å². The van der Waals surface area contributed by atoms with Gasteiger partial charge in [0.05, 0.1) is 11.4 Å². The van der Waals surface area contributed by atoms with E-state index in [-0.39, 0.29) is 11.9 Å². The van der Waals surface area contributed by atoms with Gasteiger partial charge in [-0.2, -0.15) is 5.10 Å². The predicted molar refractivity (Wildman–Crippen MR) is 59.8 cm³/mol. The smallest absolute Gasteiger partial charge is 0.273 e. The molecule has 1 rings (SSSR count). The van der Waals surface area contributed by atoms with Crippen LogP contribution in [0, 0.1) is 6.92 Å². The molecule has 0 bridgehead atoms. The Labute approximate surface area is 89.9 Å². The van der Waals surface area contributed by atoms with Crippen LogP contribution in [-0.2, 0) is 0 Å². The maximum absolute atomic E-state index is 11.9. The van der Waals surface area contributed by atoms with Crippen molar-refractivity contribution in [3.05, 3.63) is 11.4 Å². The molecule has 0 atom stereocenters. The topological polar surface area (TPSA) is 64.2 Å². The van der Waals surface area contributed by atoms with Gasteiger partial charge in [-0.05, 0) is 20.8 Å². The van der Waals surface area contributed by atoms with Crippen LogP contribution in [-0.4, -0.2) is 34.7 Å². The molecule has 0 aromatic carbocycles. The summed E-state index contributed by atoms with van der Waals surface area (Å²) in [6.07, 6.45) is 0. The number of amides is 1. The summed E-state index contributed by atoms with van der Waals surface area (Å²) in [4.78, 5) is 13.4. The molecule has 0 spiro atoms. The Bertz CT molecular complexity index is 379. The summed E-state index contributed by atoms with van der Waals surface area (Å²) < 4.78 is 1.67. The second kappa shape index (κ2) is 3.92. The van der Waals surface area contributed by atoms with Crippen molar-refractivity contribution in [3.8, 4) is 0 Å². The van der Waals surface area contributed by atoms with E-state index in [9.17, 15) is 4.79 Å². The second-order valence-corrected chi connectivity index (χ2v) is 4.09.